The van der Waals surface area contributed by atoms with Crippen molar-refractivity contribution in [3.8, 4) is 0 Å². The Morgan fingerprint density at radius 2 is 2.16 bits per heavy atom. The van der Waals surface area contributed by atoms with Gasteiger partial charge in [0.05, 0.1) is 15.9 Å². The highest BCUT2D eigenvalue weighted by Crippen LogP contribution is 2.30. The summed E-state index contributed by atoms with van der Waals surface area (Å²) in [6.45, 7) is 6.39. The van der Waals surface area contributed by atoms with Crippen LogP contribution in [0.3, 0.4) is 0 Å². The molecule has 2 rings (SSSR count). The summed E-state index contributed by atoms with van der Waals surface area (Å²) in [5.41, 5.74) is 9.95. The summed E-state index contributed by atoms with van der Waals surface area (Å²) in [4.78, 5) is 2.60. The van der Waals surface area contributed by atoms with Crippen LogP contribution in [-0.2, 0) is 19.9 Å². The molecule has 1 atom stereocenters. The summed E-state index contributed by atoms with van der Waals surface area (Å²) in [6.07, 6.45) is 1.74. The highest BCUT2D eigenvalue weighted by molar-refractivity contribution is 9.10. The normalized spacial score (nSPS) is 12.9. The molecule has 0 aliphatic heterocycles. The quantitative estimate of drug-likeness (QED) is 0.921. The lowest BCUT2D eigenvalue weighted by molar-refractivity contribution is 0.642. The van der Waals surface area contributed by atoms with Crippen molar-refractivity contribution in [3.05, 3.63) is 37.2 Å². The fourth-order valence-electron chi connectivity index (χ4n) is 2.13. The highest BCUT2D eigenvalue weighted by atomic mass is 79.9. The Morgan fingerprint density at radius 3 is 2.63 bits per heavy atom. The second-order valence-electron chi connectivity index (χ2n) is 4.88. The van der Waals surface area contributed by atoms with E-state index in [1.807, 2.05) is 11.7 Å². The minimum absolute atomic E-state index is 0.0359. The predicted octanol–water partition coefficient (Wildman–Crippen LogP) is 3.67. The Hall–Kier alpha value is -0.650. The second kappa shape index (κ2) is 5.77. The van der Waals surface area contributed by atoms with E-state index < -0.39 is 0 Å². The molecule has 104 valence electrons. The smallest absolute Gasteiger partial charge is 0.0766 e. The van der Waals surface area contributed by atoms with Gasteiger partial charge >= 0.3 is 0 Å². The monoisotopic (exact) mass is 341 g/mol. The molecule has 0 amide bonds. The number of nitrogens with zero attached hydrogens (tertiary/aromatic N) is 2. The zero-order chi connectivity index (χ0) is 14.2. The molecule has 3 nitrogen and oxygen atoms in total. The zero-order valence-corrected chi connectivity index (χ0v) is 14.2. The van der Waals surface area contributed by atoms with Gasteiger partial charge in [-0.3, -0.25) is 4.68 Å². The average Bonchev–Trinajstić information content (AvgIpc) is 2.84. The standard InChI is InChI=1S/C14H20BrN3S/c1-5-11-14(15)12(18(4)17-11)7-10(16)13-6-8(2)9(3)19-13/h6,10H,5,7,16H2,1-4H3. The van der Waals surface area contributed by atoms with Gasteiger partial charge in [0, 0.05) is 29.3 Å². The van der Waals surface area contributed by atoms with E-state index in [2.05, 4.69) is 47.9 Å². The van der Waals surface area contributed by atoms with Gasteiger partial charge in [-0.2, -0.15) is 5.10 Å². The average molecular weight is 342 g/mol. The molecule has 1 unspecified atom stereocenters. The van der Waals surface area contributed by atoms with Gasteiger partial charge in [0.2, 0.25) is 0 Å². The van der Waals surface area contributed by atoms with Crippen LogP contribution in [0.1, 0.15) is 39.7 Å². The molecule has 0 aliphatic rings. The Morgan fingerprint density at radius 1 is 1.47 bits per heavy atom. The Balaban J connectivity index is 2.23. The van der Waals surface area contributed by atoms with Gasteiger partial charge in [-0.15, -0.1) is 11.3 Å². The molecule has 0 bridgehead atoms. The van der Waals surface area contributed by atoms with Crippen molar-refractivity contribution < 1.29 is 0 Å². The number of thiophene rings is 1. The van der Waals surface area contributed by atoms with Gasteiger partial charge in [0.1, 0.15) is 0 Å². The number of halogens is 1. The fraction of sp³-hybridized carbons (Fsp3) is 0.500. The third-order valence-electron chi connectivity index (χ3n) is 3.47. The molecule has 2 heterocycles. The summed E-state index contributed by atoms with van der Waals surface area (Å²) in [6, 6.07) is 2.24. The molecule has 0 aromatic carbocycles. The van der Waals surface area contributed by atoms with Crippen LogP contribution in [0.4, 0.5) is 0 Å². The van der Waals surface area contributed by atoms with Gasteiger partial charge in [0.15, 0.2) is 0 Å². The van der Waals surface area contributed by atoms with Crippen molar-refractivity contribution in [2.45, 2.75) is 39.7 Å². The summed E-state index contributed by atoms with van der Waals surface area (Å²) in [7, 11) is 1.98. The van der Waals surface area contributed by atoms with Crippen molar-refractivity contribution in [1.29, 1.82) is 0 Å². The summed E-state index contributed by atoms with van der Waals surface area (Å²) >= 11 is 5.44. The van der Waals surface area contributed by atoms with Crippen LogP contribution in [0.2, 0.25) is 0 Å². The van der Waals surface area contributed by atoms with Gasteiger partial charge in [-0.25, -0.2) is 0 Å². The van der Waals surface area contributed by atoms with Crippen LogP contribution in [-0.4, -0.2) is 9.78 Å². The molecule has 2 N–H and O–H groups in total. The third-order valence-corrected chi connectivity index (χ3v) is 5.67. The van der Waals surface area contributed by atoms with Crippen molar-refractivity contribution in [2.24, 2.45) is 12.8 Å². The number of hydrogen-bond donors (Lipinski definition) is 1. The predicted molar refractivity (Wildman–Crippen MR) is 84.7 cm³/mol. The van der Waals surface area contributed by atoms with Crippen LogP contribution in [0.5, 0.6) is 0 Å². The van der Waals surface area contributed by atoms with Crippen LogP contribution in [0.25, 0.3) is 0 Å². The molecule has 0 fully saturated rings. The molecule has 19 heavy (non-hydrogen) atoms. The summed E-state index contributed by atoms with van der Waals surface area (Å²) < 4.78 is 3.05. The molecule has 5 heteroatoms. The largest absolute Gasteiger partial charge is 0.323 e. The van der Waals surface area contributed by atoms with E-state index in [0.717, 1.165) is 23.0 Å². The molecule has 0 spiro atoms. The van der Waals surface area contributed by atoms with Gasteiger partial charge in [-0.1, -0.05) is 6.92 Å². The lowest BCUT2D eigenvalue weighted by Gasteiger charge is -2.10. The van der Waals surface area contributed by atoms with Crippen LogP contribution in [0, 0.1) is 13.8 Å². The molecular weight excluding hydrogens is 322 g/mol. The maximum absolute atomic E-state index is 6.35. The highest BCUT2D eigenvalue weighted by Gasteiger charge is 2.18. The first-order chi connectivity index (χ1) is 8.93. The SMILES string of the molecule is CCc1nn(C)c(CC(N)c2cc(C)c(C)s2)c1Br. The Bertz CT molecular complexity index is 566. The summed E-state index contributed by atoms with van der Waals surface area (Å²) in [5.74, 6) is 0. The minimum atomic E-state index is 0.0359. The molecule has 0 saturated carbocycles. The van der Waals surface area contributed by atoms with Gasteiger partial charge < -0.3 is 5.73 Å². The lowest BCUT2D eigenvalue weighted by atomic mass is 10.1. The molecule has 2 aromatic rings. The maximum atomic E-state index is 6.35. The van der Waals surface area contributed by atoms with Crippen LogP contribution < -0.4 is 5.73 Å². The molecule has 0 saturated heterocycles. The van der Waals surface area contributed by atoms with E-state index >= 15 is 0 Å². The summed E-state index contributed by atoms with van der Waals surface area (Å²) in [5, 5.41) is 4.52. The number of nitrogens with two attached hydrogens (primary N) is 1. The number of aromatic nitrogens is 2. The number of rotatable bonds is 4. The van der Waals surface area contributed by atoms with Crippen molar-refractivity contribution in [3.63, 3.8) is 0 Å². The van der Waals surface area contributed by atoms with Crippen molar-refractivity contribution in [1.82, 2.24) is 9.78 Å². The third kappa shape index (κ3) is 2.93. The lowest BCUT2D eigenvalue weighted by Crippen LogP contribution is -2.14. The number of aryl methyl sites for hydroxylation is 4. The van der Waals surface area contributed by atoms with Gasteiger partial charge in [0.25, 0.3) is 0 Å². The molecule has 2 aromatic heterocycles. The van der Waals surface area contributed by atoms with Crippen molar-refractivity contribution in [2.75, 3.05) is 0 Å². The van der Waals surface area contributed by atoms with Crippen LogP contribution >= 0.6 is 27.3 Å². The zero-order valence-electron chi connectivity index (χ0n) is 11.8. The van der Waals surface area contributed by atoms with E-state index in [9.17, 15) is 0 Å². The molecule has 0 radical (unpaired) electrons. The first kappa shape index (κ1) is 14.8. The Labute approximate surface area is 126 Å². The molecular formula is C14H20BrN3S. The van der Waals surface area contributed by atoms with Crippen LogP contribution in [0.15, 0.2) is 10.5 Å². The first-order valence-corrected chi connectivity index (χ1v) is 8.07. The second-order valence-corrected chi connectivity index (χ2v) is 6.96. The first-order valence-electron chi connectivity index (χ1n) is 6.46. The molecule has 0 aliphatic carbocycles. The topological polar surface area (TPSA) is 43.8 Å². The van der Waals surface area contributed by atoms with E-state index in [-0.39, 0.29) is 6.04 Å². The minimum Gasteiger partial charge on any atom is -0.323 e. The van der Waals surface area contributed by atoms with E-state index in [0.29, 0.717) is 0 Å². The fourth-order valence-corrected chi connectivity index (χ4v) is 3.96. The van der Waals surface area contributed by atoms with E-state index in [1.54, 1.807) is 11.3 Å². The maximum Gasteiger partial charge on any atom is 0.0766 e. The van der Waals surface area contributed by atoms with E-state index in [4.69, 9.17) is 5.73 Å². The van der Waals surface area contributed by atoms with Crippen molar-refractivity contribution >= 4 is 27.3 Å². The number of hydrogen-bond acceptors (Lipinski definition) is 3. The van der Waals surface area contributed by atoms with E-state index in [1.165, 1.54) is 21.0 Å². The Kier molecular flexibility index (Phi) is 4.48. The van der Waals surface area contributed by atoms with Gasteiger partial charge in [-0.05, 0) is 47.8 Å².